The third-order valence-corrected chi connectivity index (χ3v) is 7.08. The Hall–Kier alpha value is -1.93. The Labute approximate surface area is 176 Å². The van der Waals surface area contributed by atoms with Crippen molar-refractivity contribution in [3.05, 3.63) is 64.7 Å². The average molecular weight is 437 g/mol. The second kappa shape index (κ2) is 9.71. The van der Waals surface area contributed by atoms with Crippen molar-refractivity contribution >= 4 is 27.5 Å². The number of nitrogens with zero attached hydrogens (tertiary/aromatic N) is 1. The van der Waals surface area contributed by atoms with Gasteiger partial charge >= 0.3 is 0 Å². The second-order valence-electron chi connectivity index (χ2n) is 6.93. The minimum atomic E-state index is -3.63. The van der Waals surface area contributed by atoms with Crippen molar-refractivity contribution in [1.82, 2.24) is 9.62 Å². The Balaban J connectivity index is 1.64. The van der Waals surface area contributed by atoms with E-state index in [0.717, 1.165) is 25.0 Å². The highest BCUT2D eigenvalue weighted by molar-refractivity contribution is 7.89. The van der Waals surface area contributed by atoms with E-state index in [1.165, 1.54) is 16.4 Å². The van der Waals surface area contributed by atoms with Crippen molar-refractivity contribution in [3.8, 4) is 0 Å². The Morgan fingerprint density at radius 2 is 1.86 bits per heavy atom. The van der Waals surface area contributed by atoms with Crippen LogP contribution in [0.2, 0.25) is 5.02 Å². The second-order valence-corrected chi connectivity index (χ2v) is 9.30. The molecule has 2 aromatic rings. The van der Waals surface area contributed by atoms with E-state index in [1.807, 2.05) is 0 Å². The van der Waals surface area contributed by atoms with Gasteiger partial charge in [-0.2, -0.15) is 4.31 Å². The highest BCUT2D eigenvalue weighted by Crippen LogP contribution is 2.20. The minimum absolute atomic E-state index is 0.0920. The summed E-state index contributed by atoms with van der Waals surface area (Å²) in [5, 5.41) is 3.37. The van der Waals surface area contributed by atoms with Crippen LogP contribution in [0, 0.1) is 0 Å². The van der Waals surface area contributed by atoms with Crippen molar-refractivity contribution in [2.24, 2.45) is 0 Å². The van der Waals surface area contributed by atoms with Crippen molar-refractivity contribution in [3.63, 3.8) is 0 Å². The number of rotatable bonds is 8. The molecule has 1 N–H and O–H groups in total. The van der Waals surface area contributed by atoms with E-state index in [4.69, 9.17) is 16.3 Å². The standard InChI is InChI=1S/C21H25ClN2O4S/c1-2-24(29(26,27)20-11-9-18(22)10-12-20)15-16-5-7-17(8-6-16)21(25)23-14-19-4-3-13-28-19/h5-12,19H,2-4,13-15H2,1H3,(H,23,25). The fourth-order valence-corrected chi connectivity index (χ4v) is 4.76. The van der Waals surface area contributed by atoms with Crippen LogP contribution in [0.15, 0.2) is 53.4 Å². The molecule has 2 aromatic carbocycles. The Morgan fingerprint density at radius 3 is 2.45 bits per heavy atom. The minimum Gasteiger partial charge on any atom is -0.376 e. The number of ether oxygens (including phenoxy) is 1. The molecule has 0 radical (unpaired) electrons. The van der Waals surface area contributed by atoms with Gasteiger partial charge in [-0.1, -0.05) is 30.7 Å². The highest BCUT2D eigenvalue weighted by atomic mass is 35.5. The molecular weight excluding hydrogens is 412 g/mol. The molecule has 1 heterocycles. The van der Waals surface area contributed by atoms with Gasteiger partial charge in [-0.3, -0.25) is 4.79 Å². The first-order valence-electron chi connectivity index (χ1n) is 9.64. The fourth-order valence-electron chi connectivity index (χ4n) is 3.20. The van der Waals surface area contributed by atoms with E-state index in [2.05, 4.69) is 5.32 Å². The van der Waals surface area contributed by atoms with Gasteiger partial charge < -0.3 is 10.1 Å². The Morgan fingerprint density at radius 1 is 1.17 bits per heavy atom. The van der Waals surface area contributed by atoms with Gasteiger partial charge in [0.25, 0.3) is 5.91 Å². The van der Waals surface area contributed by atoms with Crippen LogP contribution in [0.3, 0.4) is 0 Å². The lowest BCUT2D eigenvalue weighted by Gasteiger charge is -2.21. The monoisotopic (exact) mass is 436 g/mol. The number of carbonyl (C=O) groups excluding carboxylic acids is 1. The summed E-state index contributed by atoms with van der Waals surface area (Å²) in [4.78, 5) is 12.5. The summed E-state index contributed by atoms with van der Waals surface area (Å²) in [5.74, 6) is -0.159. The van der Waals surface area contributed by atoms with Crippen LogP contribution >= 0.6 is 11.6 Å². The summed E-state index contributed by atoms with van der Waals surface area (Å²) < 4.78 is 32.6. The predicted molar refractivity (Wildman–Crippen MR) is 112 cm³/mol. The molecule has 0 aliphatic carbocycles. The molecule has 1 saturated heterocycles. The fraction of sp³-hybridized carbons (Fsp3) is 0.381. The largest absolute Gasteiger partial charge is 0.376 e. The smallest absolute Gasteiger partial charge is 0.251 e. The summed E-state index contributed by atoms with van der Waals surface area (Å²) in [6, 6.07) is 13.1. The van der Waals surface area contributed by atoms with E-state index < -0.39 is 10.0 Å². The van der Waals surface area contributed by atoms with Gasteiger partial charge in [-0.25, -0.2) is 8.42 Å². The molecule has 1 unspecified atom stereocenters. The summed E-state index contributed by atoms with van der Waals surface area (Å²) >= 11 is 5.86. The van der Waals surface area contributed by atoms with Crippen LogP contribution in [0.25, 0.3) is 0 Å². The van der Waals surface area contributed by atoms with Gasteiger partial charge in [0.1, 0.15) is 0 Å². The lowest BCUT2D eigenvalue weighted by atomic mass is 10.1. The van der Waals surface area contributed by atoms with Crippen molar-refractivity contribution in [2.75, 3.05) is 19.7 Å². The number of hydrogen-bond donors (Lipinski definition) is 1. The number of hydrogen-bond acceptors (Lipinski definition) is 4. The molecule has 3 rings (SSSR count). The number of amides is 1. The molecular formula is C21H25ClN2O4S. The van der Waals surface area contributed by atoms with Crippen LogP contribution < -0.4 is 5.32 Å². The van der Waals surface area contributed by atoms with E-state index in [-0.39, 0.29) is 23.5 Å². The summed E-state index contributed by atoms with van der Waals surface area (Å²) in [6.07, 6.45) is 2.09. The van der Waals surface area contributed by atoms with Crippen molar-refractivity contribution in [1.29, 1.82) is 0 Å². The SMILES string of the molecule is CCN(Cc1ccc(C(=O)NCC2CCCO2)cc1)S(=O)(=O)c1ccc(Cl)cc1. The molecule has 0 saturated carbocycles. The molecule has 0 aromatic heterocycles. The van der Waals surface area contributed by atoms with Crippen LogP contribution in [0.5, 0.6) is 0 Å². The van der Waals surface area contributed by atoms with Gasteiger partial charge in [0.05, 0.1) is 11.0 Å². The summed E-state index contributed by atoms with van der Waals surface area (Å²) in [7, 11) is -3.63. The zero-order valence-electron chi connectivity index (χ0n) is 16.3. The van der Waals surface area contributed by atoms with Crippen LogP contribution in [-0.4, -0.2) is 44.4 Å². The molecule has 0 spiro atoms. The van der Waals surface area contributed by atoms with Gasteiger partial charge in [0, 0.05) is 36.8 Å². The zero-order valence-corrected chi connectivity index (χ0v) is 17.9. The number of nitrogens with one attached hydrogen (secondary N) is 1. The summed E-state index contributed by atoms with van der Waals surface area (Å²) in [6.45, 7) is 3.60. The Bertz CT molecular complexity index is 924. The van der Waals surface area contributed by atoms with Crippen molar-refractivity contribution < 1.29 is 17.9 Å². The highest BCUT2D eigenvalue weighted by Gasteiger charge is 2.23. The number of benzene rings is 2. The molecule has 1 aliphatic rings. The number of sulfonamides is 1. The quantitative estimate of drug-likeness (QED) is 0.687. The number of carbonyl (C=O) groups is 1. The van der Waals surface area contributed by atoms with E-state index in [9.17, 15) is 13.2 Å². The first-order chi connectivity index (χ1) is 13.9. The predicted octanol–water partition coefficient (Wildman–Crippen LogP) is 3.46. The third-order valence-electron chi connectivity index (χ3n) is 4.89. The van der Waals surface area contributed by atoms with E-state index in [1.54, 1.807) is 43.3 Å². The van der Waals surface area contributed by atoms with Crippen LogP contribution in [0.1, 0.15) is 35.7 Å². The lowest BCUT2D eigenvalue weighted by molar-refractivity contribution is 0.0857. The van der Waals surface area contributed by atoms with Gasteiger partial charge in [-0.15, -0.1) is 0 Å². The molecule has 1 atom stereocenters. The van der Waals surface area contributed by atoms with Gasteiger partial charge in [0.15, 0.2) is 0 Å². The average Bonchev–Trinajstić information content (AvgIpc) is 3.24. The molecule has 8 heteroatoms. The molecule has 156 valence electrons. The molecule has 1 aliphatic heterocycles. The third kappa shape index (κ3) is 5.57. The first-order valence-corrected chi connectivity index (χ1v) is 11.5. The Kier molecular flexibility index (Phi) is 7.29. The first kappa shape index (κ1) is 21.8. The zero-order chi connectivity index (χ0) is 20.9. The normalized spacial score (nSPS) is 16.9. The molecule has 6 nitrogen and oxygen atoms in total. The van der Waals surface area contributed by atoms with E-state index >= 15 is 0 Å². The lowest BCUT2D eigenvalue weighted by Crippen LogP contribution is -2.32. The van der Waals surface area contributed by atoms with Crippen molar-refractivity contribution in [2.45, 2.75) is 37.3 Å². The maximum Gasteiger partial charge on any atom is 0.251 e. The maximum atomic E-state index is 12.9. The van der Waals surface area contributed by atoms with Gasteiger partial charge in [0.2, 0.25) is 10.0 Å². The maximum absolute atomic E-state index is 12.9. The van der Waals surface area contributed by atoms with Crippen LogP contribution in [-0.2, 0) is 21.3 Å². The topological polar surface area (TPSA) is 75.7 Å². The number of halogens is 1. The molecule has 0 bridgehead atoms. The molecule has 29 heavy (non-hydrogen) atoms. The molecule has 1 fully saturated rings. The van der Waals surface area contributed by atoms with Gasteiger partial charge in [-0.05, 0) is 54.8 Å². The van der Waals surface area contributed by atoms with E-state index in [0.29, 0.717) is 23.7 Å². The molecule has 1 amide bonds. The van der Waals surface area contributed by atoms with Crippen LogP contribution in [0.4, 0.5) is 0 Å². The summed E-state index contributed by atoms with van der Waals surface area (Å²) in [5.41, 5.74) is 1.34.